The summed E-state index contributed by atoms with van der Waals surface area (Å²) in [6.07, 6.45) is 0. The third kappa shape index (κ3) is 3.33. The second kappa shape index (κ2) is 5.87. The normalized spacial score (nSPS) is 12.5. The van der Waals surface area contributed by atoms with Gasteiger partial charge >= 0.3 is 0 Å². The molecule has 5 heteroatoms. The molecule has 0 aliphatic heterocycles. The van der Waals surface area contributed by atoms with Crippen LogP contribution < -0.4 is 5.32 Å². The van der Waals surface area contributed by atoms with E-state index < -0.39 is 11.7 Å². The van der Waals surface area contributed by atoms with Crippen molar-refractivity contribution in [2.75, 3.05) is 5.88 Å². The Morgan fingerprint density at radius 3 is 2.65 bits per heavy atom. The molecule has 1 amide bonds. The summed E-state index contributed by atoms with van der Waals surface area (Å²) in [6.45, 7) is 3.79. The van der Waals surface area contributed by atoms with Crippen LogP contribution in [0.5, 0.6) is 5.75 Å². The minimum atomic E-state index is -0.750. The van der Waals surface area contributed by atoms with Crippen LogP contribution in [0.1, 0.15) is 24.2 Å². The first-order valence-corrected chi connectivity index (χ1v) is 5.85. The summed E-state index contributed by atoms with van der Waals surface area (Å²) in [4.78, 5) is 11.8. The molecule has 0 aliphatic rings. The summed E-state index contributed by atoms with van der Waals surface area (Å²) in [6, 6.07) is 3.47. The fourth-order valence-corrected chi connectivity index (χ4v) is 1.80. The van der Waals surface area contributed by atoms with Crippen LogP contribution in [0.15, 0.2) is 18.2 Å². The van der Waals surface area contributed by atoms with Crippen LogP contribution in [0.2, 0.25) is 0 Å². The summed E-state index contributed by atoms with van der Waals surface area (Å²) in [5.74, 6) is -1.41. The van der Waals surface area contributed by atoms with Gasteiger partial charge in [0.25, 0.3) is 5.91 Å². The van der Waals surface area contributed by atoms with E-state index in [-0.39, 0.29) is 29.2 Å². The monoisotopic (exact) mass is 259 g/mol. The van der Waals surface area contributed by atoms with Crippen molar-refractivity contribution in [3.63, 3.8) is 0 Å². The van der Waals surface area contributed by atoms with E-state index in [0.717, 1.165) is 6.07 Å². The number of rotatable bonds is 4. The number of halogens is 2. The first kappa shape index (κ1) is 13.8. The van der Waals surface area contributed by atoms with Crippen molar-refractivity contribution in [2.45, 2.75) is 19.9 Å². The van der Waals surface area contributed by atoms with E-state index in [1.54, 1.807) is 0 Å². The Kier molecular flexibility index (Phi) is 4.75. The number of alkyl halides is 1. The van der Waals surface area contributed by atoms with Crippen LogP contribution in [-0.4, -0.2) is 22.9 Å². The van der Waals surface area contributed by atoms with Gasteiger partial charge in [-0.05, 0) is 18.1 Å². The summed E-state index contributed by atoms with van der Waals surface area (Å²) in [5, 5.41) is 12.0. The summed E-state index contributed by atoms with van der Waals surface area (Å²) >= 11 is 5.70. The molecule has 0 saturated carbocycles. The van der Waals surface area contributed by atoms with Gasteiger partial charge in [-0.15, -0.1) is 11.6 Å². The van der Waals surface area contributed by atoms with Gasteiger partial charge in [0.15, 0.2) is 0 Å². The number of hydrogen-bond donors (Lipinski definition) is 2. The number of aromatic hydroxyl groups is 1. The zero-order valence-corrected chi connectivity index (χ0v) is 10.5. The molecule has 1 aromatic rings. The lowest BCUT2D eigenvalue weighted by Crippen LogP contribution is -2.40. The molecule has 1 rings (SSSR count). The molecule has 0 saturated heterocycles. The maximum Gasteiger partial charge on any atom is 0.258 e. The summed E-state index contributed by atoms with van der Waals surface area (Å²) < 4.78 is 13.4. The Morgan fingerprint density at radius 1 is 1.53 bits per heavy atom. The third-order valence-electron chi connectivity index (χ3n) is 2.51. The maximum absolute atomic E-state index is 13.4. The van der Waals surface area contributed by atoms with Gasteiger partial charge in [0.2, 0.25) is 0 Å². The van der Waals surface area contributed by atoms with Gasteiger partial charge in [-0.3, -0.25) is 4.79 Å². The molecular weight excluding hydrogens is 245 g/mol. The van der Waals surface area contributed by atoms with E-state index in [1.807, 2.05) is 13.8 Å². The van der Waals surface area contributed by atoms with Crippen molar-refractivity contribution in [3.8, 4) is 5.75 Å². The van der Waals surface area contributed by atoms with Crippen molar-refractivity contribution < 1.29 is 14.3 Å². The summed E-state index contributed by atoms with van der Waals surface area (Å²) in [7, 11) is 0. The second-order valence-corrected chi connectivity index (χ2v) is 4.42. The molecule has 1 aromatic carbocycles. The van der Waals surface area contributed by atoms with E-state index >= 15 is 0 Å². The molecule has 1 atom stereocenters. The van der Waals surface area contributed by atoms with Crippen molar-refractivity contribution in [1.82, 2.24) is 5.32 Å². The number of nitrogens with one attached hydrogen (secondary N) is 1. The average Bonchev–Trinajstić information content (AvgIpc) is 2.25. The zero-order valence-electron chi connectivity index (χ0n) is 9.71. The first-order valence-electron chi connectivity index (χ1n) is 5.31. The minimum absolute atomic E-state index is 0.130. The average molecular weight is 260 g/mol. The fraction of sp³-hybridized carbons (Fsp3) is 0.417. The molecule has 0 spiro atoms. The predicted molar refractivity (Wildman–Crippen MR) is 64.9 cm³/mol. The number of phenols is 1. The maximum atomic E-state index is 13.4. The zero-order chi connectivity index (χ0) is 13.0. The van der Waals surface area contributed by atoms with Gasteiger partial charge in [-0.1, -0.05) is 19.9 Å². The number of carbonyl (C=O) groups excluding carboxylic acids is 1. The Morgan fingerprint density at radius 2 is 2.18 bits per heavy atom. The quantitative estimate of drug-likeness (QED) is 0.817. The van der Waals surface area contributed by atoms with E-state index in [2.05, 4.69) is 5.32 Å². The van der Waals surface area contributed by atoms with Crippen molar-refractivity contribution in [3.05, 3.63) is 29.6 Å². The van der Waals surface area contributed by atoms with Gasteiger partial charge in [0.05, 0.1) is 0 Å². The Bertz CT molecular complexity index is 389. The highest BCUT2D eigenvalue weighted by Crippen LogP contribution is 2.20. The lowest BCUT2D eigenvalue weighted by molar-refractivity contribution is 0.0924. The SMILES string of the molecule is CC(C)C(CCl)NC(=O)c1c(O)cccc1F. The van der Waals surface area contributed by atoms with Crippen LogP contribution in [0, 0.1) is 11.7 Å². The molecule has 3 nitrogen and oxygen atoms in total. The molecule has 1 unspecified atom stereocenters. The molecule has 0 bridgehead atoms. The van der Waals surface area contributed by atoms with Gasteiger partial charge in [0.1, 0.15) is 17.1 Å². The molecule has 0 radical (unpaired) electrons. The largest absolute Gasteiger partial charge is 0.507 e. The molecule has 0 fully saturated rings. The highest BCUT2D eigenvalue weighted by Gasteiger charge is 2.21. The lowest BCUT2D eigenvalue weighted by Gasteiger charge is -2.20. The van der Waals surface area contributed by atoms with E-state index in [4.69, 9.17) is 11.6 Å². The summed E-state index contributed by atoms with van der Waals surface area (Å²) in [5.41, 5.74) is -0.344. The Balaban J connectivity index is 2.90. The molecule has 0 heterocycles. The van der Waals surface area contributed by atoms with Gasteiger partial charge in [0, 0.05) is 11.9 Å². The topological polar surface area (TPSA) is 49.3 Å². The standard InChI is InChI=1S/C12H15ClFNO2/c1-7(2)9(6-13)15-12(17)11-8(14)4-3-5-10(11)16/h3-5,7,9,16H,6H2,1-2H3,(H,15,17). The van der Waals surface area contributed by atoms with Crippen LogP contribution in [-0.2, 0) is 0 Å². The van der Waals surface area contributed by atoms with Crippen LogP contribution in [0.3, 0.4) is 0 Å². The number of phenolic OH excluding ortho intramolecular Hbond substituents is 1. The van der Waals surface area contributed by atoms with Crippen LogP contribution in [0.4, 0.5) is 4.39 Å². The molecule has 0 aromatic heterocycles. The third-order valence-corrected chi connectivity index (χ3v) is 2.84. The van der Waals surface area contributed by atoms with Crippen molar-refractivity contribution in [1.29, 1.82) is 0 Å². The second-order valence-electron chi connectivity index (χ2n) is 4.11. The van der Waals surface area contributed by atoms with Crippen LogP contribution >= 0.6 is 11.6 Å². The molecule has 94 valence electrons. The number of benzene rings is 1. The highest BCUT2D eigenvalue weighted by molar-refractivity contribution is 6.18. The molecule has 17 heavy (non-hydrogen) atoms. The molecule has 0 aliphatic carbocycles. The minimum Gasteiger partial charge on any atom is -0.507 e. The Hall–Kier alpha value is -1.29. The van der Waals surface area contributed by atoms with E-state index in [0.29, 0.717) is 0 Å². The Labute approximate surface area is 105 Å². The predicted octanol–water partition coefficient (Wildman–Crippen LogP) is 2.52. The molecular formula is C12H15ClFNO2. The first-order chi connectivity index (χ1) is 7.97. The number of hydrogen-bond acceptors (Lipinski definition) is 2. The van der Waals surface area contributed by atoms with Gasteiger partial charge in [-0.2, -0.15) is 0 Å². The smallest absolute Gasteiger partial charge is 0.258 e. The van der Waals surface area contributed by atoms with E-state index in [1.165, 1.54) is 12.1 Å². The lowest BCUT2D eigenvalue weighted by atomic mass is 10.1. The van der Waals surface area contributed by atoms with E-state index in [9.17, 15) is 14.3 Å². The van der Waals surface area contributed by atoms with Gasteiger partial charge < -0.3 is 10.4 Å². The highest BCUT2D eigenvalue weighted by atomic mass is 35.5. The number of amides is 1. The number of carbonyl (C=O) groups is 1. The van der Waals surface area contributed by atoms with Crippen LogP contribution in [0.25, 0.3) is 0 Å². The van der Waals surface area contributed by atoms with Crippen molar-refractivity contribution in [2.24, 2.45) is 5.92 Å². The van der Waals surface area contributed by atoms with Gasteiger partial charge in [-0.25, -0.2) is 4.39 Å². The fourth-order valence-electron chi connectivity index (χ4n) is 1.36. The molecule has 2 N–H and O–H groups in total. The van der Waals surface area contributed by atoms with Crippen molar-refractivity contribution >= 4 is 17.5 Å².